The zero-order valence-corrected chi connectivity index (χ0v) is 11.7. The quantitative estimate of drug-likeness (QED) is 0.849. The fourth-order valence-electron chi connectivity index (χ4n) is 1.66. The number of nitrogens with one attached hydrogen (secondary N) is 1. The second-order valence-corrected chi connectivity index (χ2v) is 5.36. The van der Waals surface area contributed by atoms with Crippen molar-refractivity contribution in [3.05, 3.63) is 28.0 Å². The fourth-order valence-corrected chi connectivity index (χ4v) is 2.16. The van der Waals surface area contributed by atoms with Crippen molar-refractivity contribution in [3.8, 4) is 11.5 Å². The molecule has 1 saturated carbocycles. The number of anilines is 1. The van der Waals surface area contributed by atoms with Crippen LogP contribution >= 0.6 is 23.2 Å². The molecular weight excluding hydrogens is 303 g/mol. The first-order chi connectivity index (χ1) is 9.54. The molecular formula is C12H10Cl2N4O2. The largest absolute Gasteiger partial charge is 0.397 e. The van der Waals surface area contributed by atoms with Crippen molar-refractivity contribution in [2.75, 3.05) is 5.73 Å². The average molecular weight is 313 g/mol. The van der Waals surface area contributed by atoms with Crippen LogP contribution in [0.5, 0.6) is 0 Å². The molecule has 1 aromatic heterocycles. The van der Waals surface area contributed by atoms with Crippen LogP contribution in [0.25, 0.3) is 11.5 Å². The highest BCUT2D eigenvalue weighted by Gasteiger charge is 2.26. The molecule has 3 rings (SSSR count). The summed E-state index contributed by atoms with van der Waals surface area (Å²) >= 11 is 11.8. The number of nitrogens with zero attached hydrogens (tertiary/aromatic N) is 2. The minimum Gasteiger partial charge on any atom is -0.397 e. The van der Waals surface area contributed by atoms with Gasteiger partial charge >= 0.3 is 0 Å². The van der Waals surface area contributed by atoms with Crippen LogP contribution in [0.4, 0.5) is 5.69 Å². The Bertz CT molecular complexity index is 682. The number of halogens is 2. The lowest BCUT2D eigenvalue weighted by molar-refractivity contribution is 0.0937. The van der Waals surface area contributed by atoms with Gasteiger partial charge in [0.05, 0.1) is 16.3 Å². The summed E-state index contributed by atoms with van der Waals surface area (Å²) in [5.74, 6) is -0.301. The molecule has 20 heavy (non-hydrogen) atoms. The summed E-state index contributed by atoms with van der Waals surface area (Å²) in [5.41, 5.74) is 6.52. The van der Waals surface area contributed by atoms with Crippen molar-refractivity contribution in [2.24, 2.45) is 0 Å². The molecule has 6 nitrogen and oxygen atoms in total. The van der Waals surface area contributed by atoms with E-state index in [0.717, 1.165) is 12.8 Å². The topological polar surface area (TPSA) is 94.0 Å². The number of carbonyl (C=O) groups excluding carboxylic acids is 1. The van der Waals surface area contributed by atoms with Crippen molar-refractivity contribution in [2.45, 2.75) is 18.9 Å². The molecule has 0 spiro atoms. The van der Waals surface area contributed by atoms with Gasteiger partial charge in [0, 0.05) is 11.1 Å². The van der Waals surface area contributed by atoms with Gasteiger partial charge < -0.3 is 15.6 Å². The predicted molar refractivity (Wildman–Crippen MR) is 74.7 cm³/mol. The highest BCUT2D eigenvalue weighted by Crippen LogP contribution is 2.33. The monoisotopic (exact) mass is 312 g/mol. The lowest BCUT2D eigenvalue weighted by Crippen LogP contribution is -2.26. The maximum Gasteiger partial charge on any atom is 0.292 e. The predicted octanol–water partition coefficient (Wildman–Crippen LogP) is 2.52. The van der Waals surface area contributed by atoms with E-state index in [0.29, 0.717) is 10.6 Å². The number of carbonyl (C=O) groups is 1. The summed E-state index contributed by atoms with van der Waals surface area (Å²) in [6.07, 6.45) is 1.96. The van der Waals surface area contributed by atoms with Crippen molar-refractivity contribution in [1.82, 2.24) is 15.5 Å². The number of benzene rings is 1. The van der Waals surface area contributed by atoms with Gasteiger partial charge in [-0.1, -0.05) is 28.4 Å². The summed E-state index contributed by atoms with van der Waals surface area (Å²) in [6.45, 7) is 0. The van der Waals surface area contributed by atoms with Gasteiger partial charge in [0.25, 0.3) is 17.6 Å². The van der Waals surface area contributed by atoms with Gasteiger partial charge in [0.2, 0.25) is 0 Å². The fraction of sp³-hybridized carbons (Fsp3) is 0.250. The molecule has 104 valence electrons. The Morgan fingerprint density at radius 2 is 2.15 bits per heavy atom. The first kappa shape index (κ1) is 13.2. The first-order valence-electron chi connectivity index (χ1n) is 5.94. The van der Waals surface area contributed by atoms with Gasteiger partial charge in [-0.2, -0.15) is 4.98 Å². The van der Waals surface area contributed by atoms with E-state index in [1.54, 1.807) is 6.07 Å². The van der Waals surface area contributed by atoms with Crippen LogP contribution < -0.4 is 11.1 Å². The van der Waals surface area contributed by atoms with Gasteiger partial charge in [0.1, 0.15) is 0 Å². The third-order valence-corrected chi connectivity index (χ3v) is 3.40. The van der Waals surface area contributed by atoms with Gasteiger partial charge in [-0.25, -0.2) is 0 Å². The Labute approximate surface area is 124 Å². The van der Waals surface area contributed by atoms with E-state index in [4.69, 9.17) is 33.5 Å². The van der Waals surface area contributed by atoms with Gasteiger partial charge in [-0.15, -0.1) is 0 Å². The van der Waals surface area contributed by atoms with E-state index in [1.165, 1.54) is 6.07 Å². The molecule has 0 unspecified atom stereocenters. The van der Waals surface area contributed by atoms with Crippen molar-refractivity contribution < 1.29 is 9.32 Å². The zero-order chi connectivity index (χ0) is 14.3. The van der Waals surface area contributed by atoms with Crippen molar-refractivity contribution in [1.29, 1.82) is 0 Å². The van der Waals surface area contributed by atoms with E-state index in [-0.39, 0.29) is 34.4 Å². The molecule has 1 fully saturated rings. The molecule has 0 atom stereocenters. The van der Waals surface area contributed by atoms with Crippen LogP contribution in [0, 0.1) is 0 Å². The first-order valence-corrected chi connectivity index (χ1v) is 6.69. The van der Waals surface area contributed by atoms with E-state index >= 15 is 0 Å². The minimum absolute atomic E-state index is 0.0394. The van der Waals surface area contributed by atoms with Crippen LogP contribution in [0.3, 0.4) is 0 Å². The number of hydrogen-bond acceptors (Lipinski definition) is 5. The molecule has 0 radical (unpaired) electrons. The summed E-state index contributed by atoms with van der Waals surface area (Å²) < 4.78 is 5.05. The van der Waals surface area contributed by atoms with Crippen molar-refractivity contribution >= 4 is 34.8 Å². The molecule has 1 aliphatic rings. The lowest BCUT2D eigenvalue weighted by Gasteiger charge is -2.03. The normalized spacial score (nSPS) is 14.3. The minimum atomic E-state index is -0.366. The lowest BCUT2D eigenvalue weighted by atomic mass is 10.2. The Balaban J connectivity index is 1.91. The Morgan fingerprint density at radius 1 is 1.40 bits per heavy atom. The van der Waals surface area contributed by atoms with E-state index < -0.39 is 0 Å². The summed E-state index contributed by atoms with van der Waals surface area (Å²) in [6, 6.07) is 3.29. The molecule has 0 aliphatic heterocycles. The zero-order valence-electron chi connectivity index (χ0n) is 10.2. The van der Waals surface area contributed by atoms with E-state index in [2.05, 4.69) is 15.5 Å². The molecule has 1 aromatic carbocycles. The maximum atomic E-state index is 11.8. The molecule has 1 aliphatic carbocycles. The molecule has 0 saturated heterocycles. The standard InChI is InChI=1S/C12H10Cl2N4O2/c13-5-3-7(9(15)8(14)4-5)12-17-10(18-20-12)11(19)16-6-1-2-6/h3-4,6H,1-2,15H2,(H,16,19). The average Bonchev–Trinajstić information content (AvgIpc) is 3.07. The second-order valence-electron chi connectivity index (χ2n) is 4.52. The number of hydrogen-bond donors (Lipinski definition) is 2. The van der Waals surface area contributed by atoms with E-state index in [9.17, 15) is 4.79 Å². The van der Waals surface area contributed by atoms with Crippen molar-refractivity contribution in [3.63, 3.8) is 0 Å². The third-order valence-electron chi connectivity index (χ3n) is 2.87. The Hall–Kier alpha value is -1.79. The maximum absolute atomic E-state index is 11.8. The second kappa shape index (κ2) is 4.96. The summed E-state index contributed by atoms with van der Waals surface area (Å²) in [5, 5.41) is 7.08. The van der Waals surface area contributed by atoms with Crippen LogP contribution in [0.15, 0.2) is 16.7 Å². The Kier molecular flexibility index (Phi) is 3.27. The van der Waals surface area contributed by atoms with Crippen LogP contribution in [-0.4, -0.2) is 22.1 Å². The van der Waals surface area contributed by atoms with Gasteiger partial charge in [-0.05, 0) is 25.0 Å². The number of aromatic nitrogens is 2. The summed E-state index contributed by atoms with van der Waals surface area (Å²) in [7, 11) is 0. The van der Waals surface area contributed by atoms with Gasteiger partial charge in [0.15, 0.2) is 0 Å². The molecule has 3 N–H and O–H groups in total. The summed E-state index contributed by atoms with van der Waals surface area (Å²) in [4.78, 5) is 15.8. The molecule has 1 heterocycles. The van der Waals surface area contributed by atoms with E-state index in [1.807, 2.05) is 0 Å². The number of rotatable bonds is 3. The number of amides is 1. The Morgan fingerprint density at radius 3 is 2.85 bits per heavy atom. The molecule has 0 bridgehead atoms. The highest BCUT2D eigenvalue weighted by molar-refractivity contribution is 6.37. The van der Waals surface area contributed by atoms with Crippen LogP contribution in [-0.2, 0) is 0 Å². The molecule has 8 heteroatoms. The third kappa shape index (κ3) is 2.57. The highest BCUT2D eigenvalue weighted by atomic mass is 35.5. The van der Waals surface area contributed by atoms with Crippen LogP contribution in [0.2, 0.25) is 10.0 Å². The SMILES string of the molecule is Nc1c(Cl)cc(Cl)cc1-c1nc(C(=O)NC2CC2)no1. The van der Waals surface area contributed by atoms with Gasteiger partial charge in [-0.3, -0.25) is 4.79 Å². The van der Waals surface area contributed by atoms with Crippen LogP contribution in [0.1, 0.15) is 23.5 Å². The smallest absolute Gasteiger partial charge is 0.292 e. The number of nitrogen functional groups attached to an aromatic ring is 1. The number of nitrogens with two attached hydrogens (primary N) is 1. The molecule has 1 amide bonds. The molecule has 2 aromatic rings.